The predicted molar refractivity (Wildman–Crippen MR) is 84.2 cm³/mol. The number of carbonyl (C=O) groups is 1. The highest BCUT2D eigenvalue weighted by Crippen LogP contribution is 2.23. The van der Waals surface area contributed by atoms with Crippen molar-refractivity contribution in [3.8, 4) is 0 Å². The van der Waals surface area contributed by atoms with Crippen LogP contribution in [0.2, 0.25) is 0 Å². The van der Waals surface area contributed by atoms with E-state index >= 15 is 0 Å². The molecule has 0 radical (unpaired) electrons. The number of carbonyl (C=O) groups excluding carboxylic acids is 1. The van der Waals surface area contributed by atoms with Crippen LogP contribution in [0.1, 0.15) is 68.6 Å². The molecule has 21 heavy (non-hydrogen) atoms. The first-order chi connectivity index (χ1) is 10.0. The Labute approximate surface area is 126 Å². The fraction of sp³-hybridized carbons (Fsp3) is 0.733. The number of H-pyrrole nitrogens is 1. The van der Waals surface area contributed by atoms with Crippen molar-refractivity contribution in [2.24, 2.45) is 0 Å². The maximum Gasteiger partial charge on any atom is 0.276 e. The number of aromatic nitrogens is 2. The Morgan fingerprint density at radius 3 is 2.57 bits per heavy atom. The quantitative estimate of drug-likeness (QED) is 0.608. The number of nitrogens with one attached hydrogen (secondary N) is 1. The lowest BCUT2D eigenvalue weighted by Gasteiger charge is -2.21. The van der Waals surface area contributed by atoms with Gasteiger partial charge in [-0.2, -0.15) is 5.10 Å². The van der Waals surface area contributed by atoms with Crippen molar-refractivity contribution in [1.29, 1.82) is 0 Å². The Morgan fingerprint density at radius 2 is 2.05 bits per heavy atom. The highest BCUT2D eigenvalue weighted by Gasteiger charge is 2.23. The van der Waals surface area contributed by atoms with Crippen molar-refractivity contribution in [2.75, 3.05) is 25.4 Å². The van der Waals surface area contributed by atoms with E-state index in [1.54, 1.807) is 4.90 Å². The third kappa shape index (κ3) is 4.74. The van der Waals surface area contributed by atoms with Crippen LogP contribution in [0.4, 0.5) is 5.69 Å². The Balaban J connectivity index is 2.75. The summed E-state index contributed by atoms with van der Waals surface area (Å²) < 4.78 is 0. The molecule has 0 unspecified atom stereocenters. The number of nitrogens with two attached hydrogens (primary N) is 1. The predicted octanol–water partition coefficient (Wildman–Crippen LogP) is 2.13. The number of amides is 1. The Kier molecular flexibility index (Phi) is 7.22. The summed E-state index contributed by atoms with van der Waals surface area (Å²) in [7, 11) is 0. The molecular weight excluding hydrogens is 268 g/mol. The first-order valence-corrected chi connectivity index (χ1v) is 7.76. The van der Waals surface area contributed by atoms with Gasteiger partial charge in [0.2, 0.25) is 0 Å². The molecule has 0 aliphatic heterocycles. The fourth-order valence-electron chi connectivity index (χ4n) is 2.28. The van der Waals surface area contributed by atoms with E-state index in [1.807, 2.05) is 13.8 Å². The van der Waals surface area contributed by atoms with Crippen LogP contribution >= 0.6 is 0 Å². The Hall–Kier alpha value is -1.56. The lowest BCUT2D eigenvalue weighted by molar-refractivity contribution is 0.0713. The summed E-state index contributed by atoms with van der Waals surface area (Å²) in [4.78, 5) is 14.1. The van der Waals surface area contributed by atoms with E-state index in [0.29, 0.717) is 18.8 Å². The van der Waals surface area contributed by atoms with Crippen molar-refractivity contribution in [3.05, 3.63) is 11.4 Å². The first-order valence-electron chi connectivity index (χ1n) is 7.76. The van der Waals surface area contributed by atoms with Gasteiger partial charge in [-0.3, -0.25) is 9.89 Å². The van der Waals surface area contributed by atoms with Crippen molar-refractivity contribution in [2.45, 2.75) is 52.4 Å². The van der Waals surface area contributed by atoms with Gasteiger partial charge >= 0.3 is 0 Å². The monoisotopic (exact) mass is 296 g/mol. The van der Waals surface area contributed by atoms with Crippen LogP contribution in [-0.4, -0.2) is 45.8 Å². The van der Waals surface area contributed by atoms with Crippen LogP contribution in [0.15, 0.2) is 0 Å². The molecule has 1 heterocycles. The molecule has 6 nitrogen and oxygen atoms in total. The standard InChI is InChI=1S/C15H28N4O2/c1-4-5-6-7-8-19(9-10-20)15(21)14-12(16)13(11(2)3)17-18-14/h11,20H,4-10,16H2,1-3H3,(H,17,18). The van der Waals surface area contributed by atoms with Gasteiger partial charge in [0, 0.05) is 13.1 Å². The van der Waals surface area contributed by atoms with E-state index < -0.39 is 0 Å². The van der Waals surface area contributed by atoms with Gasteiger partial charge in [-0.25, -0.2) is 0 Å². The van der Waals surface area contributed by atoms with Crippen LogP contribution < -0.4 is 5.73 Å². The van der Waals surface area contributed by atoms with Gasteiger partial charge in [0.1, 0.15) is 0 Å². The average Bonchev–Trinajstić information content (AvgIpc) is 2.83. The second-order valence-corrected chi connectivity index (χ2v) is 5.63. The third-order valence-corrected chi connectivity index (χ3v) is 3.55. The highest BCUT2D eigenvalue weighted by atomic mass is 16.3. The van der Waals surface area contributed by atoms with Crippen LogP contribution in [0.3, 0.4) is 0 Å². The molecule has 0 aromatic carbocycles. The lowest BCUT2D eigenvalue weighted by Crippen LogP contribution is -2.35. The van der Waals surface area contributed by atoms with Gasteiger partial charge in [-0.05, 0) is 12.3 Å². The molecule has 1 aromatic rings. The van der Waals surface area contributed by atoms with E-state index in [2.05, 4.69) is 17.1 Å². The summed E-state index contributed by atoms with van der Waals surface area (Å²) >= 11 is 0. The van der Waals surface area contributed by atoms with E-state index in [9.17, 15) is 4.79 Å². The van der Waals surface area contributed by atoms with Gasteiger partial charge in [0.05, 0.1) is 18.0 Å². The highest BCUT2D eigenvalue weighted by molar-refractivity contribution is 5.97. The summed E-state index contributed by atoms with van der Waals surface area (Å²) in [6.45, 7) is 7.02. The smallest absolute Gasteiger partial charge is 0.276 e. The molecule has 120 valence electrons. The molecular formula is C15H28N4O2. The molecule has 0 spiro atoms. The number of aliphatic hydroxyl groups is 1. The topological polar surface area (TPSA) is 95.2 Å². The third-order valence-electron chi connectivity index (χ3n) is 3.55. The molecule has 0 fully saturated rings. The van der Waals surface area contributed by atoms with Gasteiger partial charge in [0.15, 0.2) is 5.69 Å². The minimum absolute atomic E-state index is 0.0547. The second-order valence-electron chi connectivity index (χ2n) is 5.63. The SMILES string of the molecule is CCCCCCN(CCO)C(=O)c1n[nH]c(C(C)C)c1N. The van der Waals surface area contributed by atoms with Gasteiger partial charge in [-0.1, -0.05) is 40.0 Å². The van der Waals surface area contributed by atoms with E-state index in [0.717, 1.165) is 31.4 Å². The number of rotatable bonds is 9. The number of nitrogens with zero attached hydrogens (tertiary/aromatic N) is 2. The molecule has 0 aliphatic carbocycles. The normalized spacial score (nSPS) is 11.1. The average molecular weight is 296 g/mol. The van der Waals surface area contributed by atoms with Crippen LogP contribution in [0.25, 0.3) is 0 Å². The molecule has 6 heteroatoms. The van der Waals surface area contributed by atoms with Crippen molar-refractivity contribution in [3.63, 3.8) is 0 Å². The number of aromatic amines is 1. The molecule has 1 amide bonds. The largest absolute Gasteiger partial charge is 0.395 e. The molecule has 4 N–H and O–H groups in total. The summed E-state index contributed by atoms with van der Waals surface area (Å²) in [5.74, 6) is -0.0175. The number of hydrogen-bond donors (Lipinski definition) is 3. The van der Waals surface area contributed by atoms with Gasteiger partial charge in [0.25, 0.3) is 5.91 Å². The minimum atomic E-state index is -0.207. The molecule has 1 aromatic heterocycles. The van der Waals surface area contributed by atoms with Crippen molar-refractivity contribution in [1.82, 2.24) is 15.1 Å². The number of hydrogen-bond acceptors (Lipinski definition) is 4. The Bertz CT molecular complexity index is 443. The van der Waals surface area contributed by atoms with Crippen molar-refractivity contribution < 1.29 is 9.90 Å². The van der Waals surface area contributed by atoms with Crippen LogP contribution in [0, 0.1) is 0 Å². The molecule has 0 aliphatic rings. The summed E-state index contributed by atoms with van der Waals surface area (Å²) in [6, 6.07) is 0. The zero-order valence-corrected chi connectivity index (χ0v) is 13.4. The number of nitrogen functional groups attached to an aromatic ring is 1. The van der Waals surface area contributed by atoms with Crippen molar-refractivity contribution >= 4 is 11.6 Å². The van der Waals surface area contributed by atoms with Crippen LogP contribution in [0.5, 0.6) is 0 Å². The Morgan fingerprint density at radius 1 is 1.33 bits per heavy atom. The number of aliphatic hydroxyl groups excluding tert-OH is 1. The molecule has 0 saturated carbocycles. The summed E-state index contributed by atoms with van der Waals surface area (Å²) in [5, 5.41) is 16.0. The molecule has 1 rings (SSSR count). The van der Waals surface area contributed by atoms with E-state index in [-0.39, 0.29) is 24.1 Å². The molecule has 0 atom stereocenters. The minimum Gasteiger partial charge on any atom is -0.395 e. The molecule has 0 bridgehead atoms. The van der Waals surface area contributed by atoms with E-state index in [4.69, 9.17) is 10.8 Å². The van der Waals surface area contributed by atoms with Crippen LogP contribution in [-0.2, 0) is 0 Å². The zero-order chi connectivity index (χ0) is 15.8. The number of anilines is 1. The summed E-state index contributed by atoms with van der Waals surface area (Å²) in [5.41, 5.74) is 7.49. The second kappa shape index (κ2) is 8.67. The first kappa shape index (κ1) is 17.5. The fourth-order valence-corrected chi connectivity index (χ4v) is 2.28. The zero-order valence-electron chi connectivity index (χ0n) is 13.4. The lowest BCUT2D eigenvalue weighted by atomic mass is 10.1. The molecule has 0 saturated heterocycles. The maximum absolute atomic E-state index is 12.5. The van der Waals surface area contributed by atoms with Gasteiger partial charge < -0.3 is 15.7 Å². The number of unbranched alkanes of at least 4 members (excludes halogenated alkanes) is 3. The van der Waals surface area contributed by atoms with Gasteiger partial charge in [-0.15, -0.1) is 0 Å². The maximum atomic E-state index is 12.5. The summed E-state index contributed by atoms with van der Waals surface area (Å²) in [6.07, 6.45) is 4.32. The van der Waals surface area contributed by atoms with E-state index in [1.165, 1.54) is 0 Å².